The molecule has 4 rings (SSSR count). The monoisotopic (exact) mass is 433 g/mol. The van der Waals surface area contributed by atoms with Crippen molar-refractivity contribution in [3.63, 3.8) is 0 Å². The highest BCUT2D eigenvalue weighted by Crippen LogP contribution is 2.30. The second-order valence-electron chi connectivity index (χ2n) is 6.87. The van der Waals surface area contributed by atoms with Crippen molar-refractivity contribution in [3.8, 4) is 5.69 Å². The van der Waals surface area contributed by atoms with Crippen LogP contribution in [0.1, 0.15) is 16.1 Å². The predicted molar refractivity (Wildman–Crippen MR) is 123 cm³/mol. The highest BCUT2D eigenvalue weighted by Gasteiger charge is 2.22. The summed E-state index contributed by atoms with van der Waals surface area (Å²) >= 11 is 6.27. The Morgan fingerprint density at radius 3 is 2.29 bits per heavy atom. The van der Waals surface area contributed by atoms with Crippen LogP contribution >= 0.6 is 11.6 Å². The van der Waals surface area contributed by atoms with Gasteiger partial charge in [-0.15, -0.1) is 0 Å². The maximum atomic E-state index is 12.9. The molecule has 0 atom stereocenters. The summed E-state index contributed by atoms with van der Waals surface area (Å²) in [4.78, 5) is 25.2. The van der Waals surface area contributed by atoms with Crippen molar-refractivity contribution < 1.29 is 9.59 Å². The molecular formula is C23H20ClN5O2. The average molecular weight is 434 g/mol. The second kappa shape index (κ2) is 8.49. The SMILES string of the molecule is CNC(=O)c1nn(-c2ccccc2)c(NC(=O)Nc2ccc(Cl)c3ccccc23)c1C. The Bertz CT molecular complexity index is 1280. The summed E-state index contributed by atoms with van der Waals surface area (Å²) in [6.07, 6.45) is 0. The molecule has 0 radical (unpaired) electrons. The zero-order valence-corrected chi connectivity index (χ0v) is 17.7. The van der Waals surface area contributed by atoms with Gasteiger partial charge in [-0.05, 0) is 31.2 Å². The summed E-state index contributed by atoms with van der Waals surface area (Å²) in [5.41, 5.74) is 2.12. The van der Waals surface area contributed by atoms with Gasteiger partial charge in [-0.2, -0.15) is 5.10 Å². The minimum Gasteiger partial charge on any atom is -0.354 e. The molecule has 7 nitrogen and oxygen atoms in total. The fraction of sp³-hybridized carbons (Fsp3) is 0.0870. The van der Waals surface area contributed by atoms with Crippen molar-refractivity contribution in [2.24, 2.45) is 0 Å². The zero-order valence-electron chi connectivity index (χ0n) is 16.9. The number of carbonyl (C=O) groups excluding carboxylic acids is 2. The van der Waals surface area contributed by atoms with Gasteiger partial charge >= 0.3 is 6.03 Å². The van der Waals surface area contributed by atoms with Crippen molar-refractivity contribution in [3.05, 3.63) is 83.0 Å². The summed E-state index contributed by atoms with van der Waals surface area (Å²) in [6, 6.07) is 19.9. The van der Waals surface area contributed by atoms with E-state index in [1.807, 2.05) is 54.6 Å². The number of nitrogens with one attached hydrogen (secondary N) is 3. The van der Waals surface area contributed by atoms with Crippen LogP contribution < -0.4 is 16.0 Å². The molecule has 0 aliphatic carbocycles. The number of fused-ring (bicyclic) bond motifs is 1. The maximum absolute atomic E-state index is 12.9. The standard InChI is InChI=1S/C23H20ClN5O2/c1-14-20(22(30)25-2)28-29(15-8-4-3-5-9-15)21(14)27-23(31)26-19-13-12-18(24)16-10-6-7-11-17(16)19/h3-13H,1-2H3,(H,25,30)(H2,26,27,31). The van der Waals surface area contributed by atoms with Crippen LogP contribution in [0.4, 0.5) is 16.3 Å². The summed E-state index contributed by atoms with van der Waals surface area (Å²) < 4.78 is 1.54. The normalized spacial score (nSPS) is 10.7. The van der Waals surface area contributed by atoms with E-state index in [0.717, 1.165) is 10.8 Å². The maximum Gasteiger partial charge on any atom is 0.324 e. The third-order valence-corrected chi connectivity index (χ3v) is 5.25. The molecule has 0 bridgehead atoms. The number of benzene rings is 3. The number of urea groups is 1. The summed E-state index contributed by atoms with van der Waals surface area (Å²) in [5.74, 6) is 0.0694. The third-order valence-electron chi connectivity index (χ3n) is 4.92. The molecule has 0 aliphatic rings. The van der Waals surface area contributed by atoms with Crippen LogP contribution in [0.2, 0.25) is 5.02 Å². The smallest absolute Gasteiger partial charge is 0.324 e. The summed E-state index contributed by atoms with van der Waals surface area (Å²) in [7, 11) is 1.54. The number of hydrogen-bond donors (Lipinski definition) is 3. The first-order valence-corrected chi connectivity index (χ1v) is 9.99. The second-order valence-corrected chi connectivity index (χ2v) is 7.28. The van der Waals surface area contributed by atoms with Gasteiger partial charge in [0.1, 0.15) is 5.82 Å². The Hall–Kier alpha value is -3.84. The van der Waals surface area contributed by atoms with Gasteiger partial charge in [0.05, 0.1) is 11.4 Å². The average Bonchev–Trinajstić information content (AvgIpc) is 3.12. The van der Waals surface area contributed by atoms with Crippen LogP contribution in [0.5, 0.6) is 0 Å². The number of rotatable bonds is 4. The fourth-order valence-electron chi connectivity index (χ4n) is 3.37. The largest absolute Gasteiger partial charge is 0.354 e. The van der Waals surface area contributed by atoms with Gasteiger partial charge in [0, 0.05) is 28.4 Å². The molecule has 3 N–H and O–H groups in total. The Balaban J connectivity index is 1.69. The van der Waals surface area contributed by atoms with Crippen molar-refractivity contribution in [2.75, 3.05) is 17.7 Å². The lowest BCUT2D eigenvalue weighted by atomic mass is 10.1. The molecular weight excluding hydrogens is 414 g/mol. The zero-order chi connectivity index (χ0) is 22.0. The number of halogens is 1. The Morgan fingerprint density at radius 2 is 1.58 bits per heavy atom. The number of carbonyl (C=O) groups is 2. The van der Waals surface area contributed by atoms with Gasteiger partial charge in [-0.25, -0.2) is 9.48 Å². The Labute approximate surface area is 184 Å². The predicted octanol–water partition coefficient (Wildman–Crippen LogP) is 4.99. The van der Waals surface area contributed by atoms with E-state index < -0.39 is 6.03 Å². The number of nitrogens with zero attached hydrogens (tertiary/aromatic N) is 2. The van der Waals surface area contributed by atoms with E-state index in [1.165, 1.54) is 7.05 Å². The topological polar surface area (TPSA) is 88.1 Å². The molecule has 156 valence electrons. The van der Waals surface area contributed by atoms with Crippen LogP contribution in [0, 0.1) is 6.92 Å². The van der Waals surface area contributed by atoms with E-state index >= 15 is 0 Å². The van der Waals surface area contributed by atoms with Crippen molar-refractivity contribution >= 4 is 45.8 Å². The van der Waals surface area contributed by atoms with Gasteiger partial charge in [-0.1, -0.05) is 54.1 Å². The lowest BCUT2D eigenvalue weighted by Crippen LogP contribution is -2.22. The van der Waals surface area contributed by atoms with Crippen LogP contribution in [-0.2, 0) is 0 Å². The van der Waals surface area contributed by atoms with Gasteiger partial charge in [-0.3, -0.25) is 10.1 Å². The van der Waals surface area contributed by atoms with Crippen LogP contribution in [0.25, 0.3) is 16.5 Å². The molecule has 0 unspecified atom stereocenters. The first kappa shape index (κ1) is 20.4. The molecule has 0 saturated carbocycles. The molecule has 0 saturated heterocycles. The first-order valence-electron chi connectivity index (χ1n) is 9.62. The molecule has 31 heavy (non-hydrogen) atoms. The molecule has 1 aromatic heterocycles. The van der Waals surface area contributed by atoms with E-state index in [0.29, 0.717) is 27.8 Å². The molecule has 4 aromatic rings. The summed E-state index contributed by atoms with van der Waals surface area (Å²) in [5, 5.41) is 15.0. The molecule has 8 heteroatoms. The Kier molecular flexibility index (Phi) is 5.60. The van der Waals surface area contributed by atoms with E-state index in [4.69, 9.17) is 11.6 Å². The van der Waals surface area contributed by atoms with Crippen LogP contribution in [-0.4, -0.2) is 28.8 Å². The number of amides is 3. The highest BCUT2D eigenvalue weighted by atomic mass is 35.5. The minimum absolute atomic E-state index is 0.235. The van der Waals surface area contributed by atoms with E-state index in [2.05, 4.69) is 21.0 Å². The number of hydrogen-bond acceptors (Lipinski definition) is 3. The molecule has 0 aliphatic heterocycles. The van der Waals surface area contributed by atoms with E-state index in [1.54, 1.807) is 23.7 Å². The van der Waals surface area contributed by atoms with E-state index in [-0.39, 0.29) is 11.6 Å². The quantitative estimate of drug-likeness (QED) is 0.423. The van der Waals surface area contributed by atoms with Crippen molar-refractivity contribution in [1.82, 2.24) is 15.1 Å². The number of para-hydroxylation sites is 1. The highest BCUT2D eigenvalue weighted by molar-refractivity contribution is 6.36. The molecule has 3 aromatic carbocycles. The van der Waals surface area contributed by atoms with Gasteiger partial charge in [0.25, 0.3) is 5.91 Å². The van der Waals surface area contributed by atoms with Crippen molar-refractivity contribution in [1.29, 1.82) is 0 Å². The lowest BCUT2D eigenvalue weighted by molar-refractivity contribution is 0.0957. The molecule has 0 spiro atoms. The van der Waals surface area contributed by atoms with Crippen LogP contribution in [0.15, 0.2) is 66.7 Å². The fourth-order valence-corrected chi connectivity index (χ4v) is 3.59. The lowest BCUT2D eigenvalue weighted by Gasteiger charge is -2.13. The Morgan fingerprint density at radius 1 is 0.903 bits per heavy atom. The first-order chi connectivity index (χ1) is 15.0. The number of anilines is 2. The summed E-state index contributed by atoms with van der Waals surface area (Å²) in [6.45, 7) is 1.74. The molecule has 0 fully saturated rings. The minimum atomic E-state index is -0.462. The van der Waals surface area contributed by atoms with Gasteiger partial charge in [0.2, 0.25) is 0 Å². The molecule has 3 amide bonds. The third kappa shape index (κ3) is 3.95. The number of aromatic nitrogens is 2. The van der Waals surface area contributed by atoms with Gasteiger partial charge < -0.3 is 10.6 Å². The van der Waals surface area contributed by atoms with E-state index in [9.17, 15) is 9.59 Å². The molecule has 1 heterocycles. The van der Waals surface area contributed by atoms with Crippen LogP contribution in [0.3, 0.4) is 0 Å². The van der Waals surface area contributed by atoms with Crippen molar-refractivity contribution in [2.45, 2.75) is 6.92 Å². The van der Waals surface area contributed by atoms with Gasteiger partial charge in [0.15, 0.2) is 5.69 Å².